The van der Waals surface area contributed by atoms with Crippen molar-refractivity contribution in [2.75, 3.05) is 18.4 Å². The van der Waals surface area contributed by atoms with Gasteiger partial charge in [0.1, 0.15) is 0 Å². The van der Waals surface area contributed by atoms with E-state index in [9.17, 15) is 0 Å². The first kappa shape index (κ1) is 14.0. The van der Waals surface area contributed by atoms with Crippen LogP contribution in [-0.2, 0) is 6.54 Å². The van der Waals surface area contributed by atoms with Gasteiger partial charge in [0.2, 0.25) is 0 Å². The predicted molar refractivity (Wildman–Crippen MR) is 80.2 cm³/mol. The molecule has 0 spiro atoms. The van der Waals surface area contributed by atoms with Crippen molar-refractivity contribution in [1.29, 1.82) is 5.26 Å². The third-order valence-corrected chi connectivity index (χ3v) is 2.93. The smallest absolute Gasteiger partial charge is 0.0991 e. The molecule has 0 saturated carbocycles. The van der Waals surface area contributed by atoms with Crippen molar-refractivity contribution >= 4 is 5.69 Å². The van der Waals surface area contributed by atoms with E-state index in [-0.39, 0.29) is 0 Å². The predicted octanol–water partition coefficient (Wildman–Crippen LogP) is 2.55. The Morgan fingerprint density at radius 1 is 1.10 bits per heavy atom. The number of nitrogens with zero attached hydrogens (tertiary/aromatic N) is 2. The Bertz CT molecular complexity index is 543. The van der Waals surface area contributed by atoms with E-state index in [1.165, 1.54) is 5.56 Å². The van der Waals surface area contributed by atoms with Crippen molar-refractivity contribution in [2.24, 2.45) is 0 Å². The van der Waals surface area contributed by atoms with Crippen LogP contribution in [0, 0.1) is 11.3 Å². The van der Waals surface area contributed by atoms with E-state index in [0.717, 1.165) is 31.7 Å². The van der Waals surface area contributed by atoms with Crippen LogP contribution >= 0.6 is 0 Å². The lowest BCUT2D eigenvalue weighted by atomic mass is 10.2. The summed E-state index contributed by atoms with van der Waals surface area (Å²) >= 11 is 0. The van der Waals surface area contributed by atoms with Gasteiger partial charge >= 0.3 is 0 Å². The summed E-state index contributed by atoms with van der Waals surface area (Å²) in [6, 6.07) is 13.6. The average molecular weight is 266 g/mol. The fourth-order valence-corrected chi connectivity index (χ4v) is 1.84. The molecule has 102 valence electrons. The van der Waals surface area contributed by atoms with Gasteiger partial charge in [-0.25, -0.2) is 0 Å². The van der Waals surface area contributed by atoms with Crippen molar-refractivity contribution < 1.29 is 0 Å². The van der Waals surface area contributed by atoms with Crippen molar-refractivity contribution in [3.8, 4) is 6.07 Å². The van der Waals surface area contributed by atoms with E-state index < -0.39 is 0 Å². The third kappa shape index (κ3) is 4.71. The summed E-state index contributed by atoms with van der Waals surface area (Å²) in [6.07, 6.45) is 4.70. The minimum Gasteiger partial charge on any atom is -0.385 e. The highest BCUT2D eigenvalue weighted by molar-refractivity contribution is 5.46. The zero-order valence-corrected chi connectivity index (χ0v) is 11.3. The molecule has 4 nitrogen and oxygen atoms in total. The zero-order valence-electron chi connectivity index (χ0n) is 11.3. The largest absolute Gasteiger partial charge is 0.385 e. The molecule has 20 heavy (non-hydrogen) atoms. The SMILES string of the molecule is N#Cc1ccc(NCCCNCc2cccnc2)cc1. The second-order valence-corrected chi connectivity index (χ2v) is 4.51. The molecule has 0 unspecified atom stereocenters. The van der Waals surface area contributed by atoms with E-state index in [0.29, 0.717) is 5.56 Å². The Balaban J connectivity index is 1.58. The molecule has 0 saturated heterocycles. The maximum absolute atomic E-state index is 8.71. The van der Waals surface area contributed by atoms with Gasteiger partial charge in [0, 0.05) is 31.2 Å². The second kappa shape index (κ2) is 7.93. The van der Waals surface area contributed by atoms with Crippen LogP contribution in [0.15, 0.2) is 48.8 Å². The van der Waals surface area contributed by atoms with Crippen molar-refractivity contribution in [3.63, 3.8) is 0 Å². The normalized spacial score (nSPS) is 9.95. The molecule has 1 aromatic heterocycles. The van der Waals surface area contributed by atoms with Crippen molar-refractivity contribution in [1.82, 2.24) is 10.3 Å². The lowest BCUT2D eigenvalue weighted by Gasteiger charge is -2.07. The fraction of sp³-hybridized carbons (Fsp3) is 0.250. The Morgan fingerprint density at radius 3 is 2.65 bits per heavy atom. The molecule has 0 fully saturated rings. The van der Waals surface area contributed by atoms with E-state index >= 15 is 0 Å². The van der Waals surface area contributed by atoms with E-state index in [4.69, 9.17) is 5.26 Å². The van der Waals surface area contributed by atoms with Crippen LogP contribution < -0.4 is 10.6 Å². The van der Waals surface area contributed by atoms with Gasteiger partial charge in [0.05, 0.1) is 11.6 Å². The summed E-state index contributed by atoms with van der Waals surface area (Å²) in [5.74, 6) is 0. The highest BCUT2D eigenvalue weighted by atomic mass is 14.9. The molecule has 2 aromatic rings. The first-order valence-electron chi connectivity index (χ1n) is 6.72. The number of aromatic nitrogens is 1. The number of hydrogen-bond acceptors (Lipinski definition) is 4. The summed E-state index contributed by atoms with van der Waals surface area (Å²) in [5, 5.41) is 15.4. The van der Waals surface area contributed by atoms with Crippen LogP contribution in [0.3, 0.4) is 0 Å². The van der Waals surface area contributed by atoms with Crippen LogP contribution in [0.1, 0.15) is 17.5 Å². The standard InChI is InChI=1S/C16H18N4/c17-11-14-4-6-16(7-5-14)20-10-2-9-19-13-15-3-1-8-18-12-15/h1,3-8,12,19-20H,2,9-10,13H2. The molecule has 0 amide bonds. The molecule has 2 rings (SSSR count). The van der Waals surface area contributed by atoms with Gasteiger partial charge in [-0.3, -0.25) is 4.98 Å². The van der Waals surface area contributed by atoms with E-state index in [1.807, 2.05) is 36.5 Å². The summed E-state index contributed by atoms with van der Waals surface area (Å²) in [4.78, 5) is 4.08. The van der Waals surface area contributed by atoms with Crippen molar-refractivity contribution in [2.45, 2.75) is 13.0 Å². The van der Waals surface area contributed by atoms with Gasteiger partial charge in [0.25, 0.3) is 0 Å². The lowest BCUT2D eigenvalue weighted by molar-refractivity contribution is 0.662. The minimum absolute atomic E-state index is 0.689. The minimum atomic E-state index is 0.689. The highest BCUT2D eigenvalue weighted by Crippen LogP contribution is 2.08. The number of benzene rings is 1. The first-order valence-corrected chi connectivity index (χ1v) is 6.72. The van der Waals surface area contributed by atoms with E-state index in [1.54, 1.807) is 6.20 Å². The van der Waals surface area contributed by atoms with Crippen LogP contribution in [0.2, 0.25) is 0 Å². The second-order valence-electron chi connectivity index (χ2n) is 4.51. The third-order valence-electron chi connectivity index (χ3n) is 2.93. The molecular formula is C16H18N4. The van der Waals surface area contributed by atoms with Gasteiger partial charge in [-0.1, -0.05) is 6.07 Å². The Hall–Kier alpha value is -2.38. The number of hydrogen-bond donors (Lipinski definition) is 2. The molecule has 1 aromatic carbocycles. The summed E-state index contributed by atoms with van der Waals surface area (Å²) in [6.45, 7) is 2.72. The number of pyridine rings is 1. The summed E-state index contributed by atoms with van der Waals surface area (Å²) in [5.41, 5.74) is 2.94. The van der Waals surface area contributed by atoms with Crippen LogP contribution in [-0.4, -0.2) is 18.1 Å². The van der Waals surface area contributed by atoms with Gasteiger partial charge < -0.3 is 10.6 Å². The topological polar surface area (TPSA) is 60.7 Å². The molecule has 0 radical (unpaired) electrons. The Kier molecular flexibility index (Phi) is 5.56. The number of anilines is 1. The lowest BCUT2D eigenvalue weighted by Crippen LogP contribution is -2.17. The van der Waals surface area contributed by atoms with Crippen LogP contribution in [0.25, 0.3) is 0 Å². The molecule has 0 aliphatic rings. The molecule has 2 N–H and O–H groups in total. The quantitative estimate of drug-likeness (QED) is 0.756. The fourth-order valence-electron chi connectivity index (χ4n) is 1.84. The molecule has 0 bridgehead atoms. The molecule has 4 heteroatoms. The van der Waals surface area contributed by atoms with Crippen LogP contribution in [0.5, 0.6) is 0 Å². The monoisotopic (exact) mass is 266 g/mol. The van der Waals surface area contributed by atoms with Gasteiger partial charge in [-0.15, -0.1) is 0 Å². The van der Waals surface area contributed by atoms with Gasteiger partial charge in [0.15, 0.2) is 0 Å². The molecule has 0 atom stereocenters. The zero-order chi connectivity index (χ0) is 14.0. The Morgan fingerprint density at radius 2 is 1.95 bits per heavy atom. The molecule has 0 aliphatic carbocycles. The van der Waals surface area contributed by atoms with Gasteiger partial charge in [-0.2, -0.15) is 5.26 Å². The first-order chi connectivity index (χ1) is 9.88. The maximum Gasteiger partial charge on any atom is 0.0991 e. The summed E-state index contributed by atoms with van der Waals surface area (Å²) < 4.78 is 0. The van der Waals surface area contributed by atoms with E-state index in [2.05, 4.69) is 27.8 Å². The van der Waals surface area contributed by atoms with Gasteiger partial charge in [-0.05, 0) is 48.9 Å². The van der Waals surface area contributed by atoms with Crippen LogP contribution in [0.4, 0.5) is 5.69 Å². The number of rotatable bonds is 7. The average Bonchev–Trinajstić information content (AvgIpc) is 2.52. The van der Waals surface area contributed by atoms with Crippen molar-refractivity contribution in [3.05, 3.63) is 59.9 Å². The number of nitrogens with one attached hydrogen (secondary N) is 2. The molecular weight excluding hydrogens is 248 g/mol. The molecule has 1 heterocycles. The summed E-state index contributed by atoms with van der Waals surface area (Å²) in [7, 11) is 0. The molecule has 0 aliphatic heterocycles. The Labute approximate surface area is 119 Å². The number of nitriles is 1. The maximum atomic E-state index is 8.71. The highest BCUT2D eigenvalue weighted by Gasteiger charge is 1.94.